The highest BCUT2D eigenvalue weighted by Gasteiger charge is 2.16. The van der Waals surface area contributed by atoms with Crippen molar-refractivity contribution in [3.63, 3.8) is 0 Å². The number of carbonyl (C=O) groups excluding carboxylic acids is 1. The van der Waals surface area contributed by atoms with E-state index in [-0.39, 0.29) is 12.6 Å². The predicted octanol–water partition coefficient (Wildman–Crippen LogP) is 0.985. The van der Waals surface area contributed by atoms with E-state index in [0.29, 0.717) is 12.8 Å². The molecule has 0 atom stereocenters. The molecule has 0 heterocycles. The minimum Gasteiger partial charge on any atom is -0.468 e. The highest BCUT2D eigenvalue weighted by molar-refractivity contribution is 6.76. The summed E-state index contributed by atoms with van der Waals surface area (Å²) >= 11 is 0. The van der Waals surface area contributed by atoms with E-state index in [0.717, 1.165) is 6.54 Å². The third-order valence-corrected chi connectivity index (χ3v) is 2.58. The van der Waals surface area contributed by atoms with Gasteiger partial charge in [0.1, 0.15) is 6.61 Å². The van der Waals surface area contributed by atoms with E-state index in [2.05, 4.69) is 19.6 Å². The smallest absolute Gasteiger partial charge is 0.331 e. The van der Waals surface area contributed by atoms with E-state index in [4.69, 9.17) is 9.47 Å². The molecule has 0 aromatic carbocycles. The summed E-state index contributed by atoms with van der Waals surface area (Å²) in [5.41, 5.74) is 0. The molecule has 0 aliphatic heterocycles. The predicted molar refractivity (Wildman–Crippen MR) is 63.7 cm³/mol. The molecule has 0 fully saturated rings. The van der Waals surface area contributed by atoms with Crippen molar-refractivity contribution in [2.75, 3.05) is 40.1 Å². The highest BCUT2D eigenvalue weighted by Crippen LogP contribution is 2.00. The number of rotatable bonds is 7. The van der Waals surface area contributed by atoms with Crippen LogP contribution in [-0.2, 0) is 14.3 Å². The van der Waals surface area contributed by atoms with Gasteiger partial charge in [0.2, 0.25) is 0 Å². The number of carbonyl (C=O) groups is 1. The van der Waals surface area contributed by atoms with Gasteiger partial charge in [-0.15, -0.1) is 0 Å². The minimum absolute atomic E-state index is 0.0678. The van der Waals surface area contributed by atoms with E-state index in [9.17, 15) is 4.79 Å². The summed E-state index contributed by atoms with van der Waals surface area (Å²) < 4.78 is 10.3. The van der Waals surface area contributed by atoms with Crippen LogP contribution in [0.4, 0.5) is 0 Å². The quantitative estimate of drug-likeness (QED) is 0.373. The van der Waals surface area contributed by atoms with Gasteiger partial charge in [-0.25, -0.2) is 4.79 Å². The van der Waals surface area contributed by atoms with Gasteiger partial charge in [-0.1, -0.05) is 19.6 Å². The molecule has 0 aliphatic carbocycles. The van der Waals surface area contributed by atoms with Crippen molar-refractivity contribution in [2.24, 2.45) is 0 Å². The number of esters is 1. The lowest BCUT2D eigenvalue weighted by atomic mass is 10.6. The van der Waals surface area contributed by atoms with Crippen LogP contribution in [0, 0.1) is 0 Å². The van der Waals surface area contributed by atoms with E-state index < -0.39 is 8.07 Å². The van der Waals surface area contributed by atoms with Gasteiger partial charge in [-0.2, -0.15) is 0 Å². The molecule has 0 radical (unpaired) electrons. The highest BCUT2D eigenvalue weighted by atomic mass is 28.3. The zero-order chi connectivity index (χ0) is 11.9. The Labute approximate surface area is 93.6 Å². The fraction of sp³-hybridized carbons (Fsp3) is 0.900. The molecule has 0 rings (SSSR count). The molecule has 0 aromatic heterocycles. The molecule has 0 unspecified atom stereocenters. The SMILES string of the molecule is CN(C)CCOCC(=O)OC[Si](C)(C)C. The van der Waals surface area contributed by atoms with E-state index in [1.165, 1.54) is 0 Å². The van der Waals surface area contributed by atoms with Crippen LogP contribution in [0.5, 0.6) is 0 Å². The minimum atomic E-state index is -1.29. The average molecular weight is 233 g/mol. The summed E-state index contributed by atoms with van der Waals surface area (Å²) in [4.78, 5) is 13.2. The molecule has 0 N–H and O–H groups in total. The van der Waals surface area contributed by atoms with Crippen LogP contribution < -0.4 is 0 Å². The van der Waals surface area contributed by atoms with Gasteiger partial charge < -0.3 is 14.4 Å². The van der Waals surface area contributed by atoms with E-state index >= 15 is 0 Å². The van der Waals surface area contributed by atoms with Crippen molar-refractivity contribution < 1.29 is 14.3 Å². The Morgan fingerprint density at radius 2 is 1.87 bits per heavy atom. The van der Waals surface area contributed by atoms with E-state index in [1.54, 1.807) is 0 Å². The van der Waals surface area contributed by atoms with Crippen LogP contribution in [0.15, 0.2) is 0 Å². The molecule has 0 spiro atoms. The monoisotopic (exact) mass is 233 g/mol. The first-order chi connectivity index (χ1) is 6.81. The Bertz CT molecular complexity index is 190. The largest absolute Gasteiger partial charge is 0.468 e. The van der Waals surface area contributed by atoms with Gasteiger partial charge in [-0.3, -0.25) is 0 Å². The molecule has 5 heteroatoms. The Morgan fingerprint density at radius 1 is 1.27 bits per heavy atom. The van der Waals surface area contributed by atoms with Crippen molar-refractivity contribution >= 4 is 14.0 Å². The first-order valence-electron chi connectivity index (χ1n) is 5.19. The summed E-state index contributed by atoms with van der Waals surface area (Å²) in [5.74, 6) is -0.254. The summed E-state index contributed by atoms with van der Waals surface area (Å²) in [6.07, 6.45) is 0.572. The van der Waals surface area contributed by atoms with Crippen molar-refractivity contribution in [3.8, 4) is 0 Å². The van der Waals surface area contributed by atoms with Crippen LogP contribution in [0.2, 0.25) is 19.6 Å². The Morgan fingerprint density at radius 3 is 2.33 bits per heavy atom. The normalized spacial score (nSPS) is 11.9. The summed E-state index contributed by atoms with van der Waals surface area (Å²) in [7, 11) is 2.64. The first kappa shape index (κ1) is 14.6. The van der Waals surface area contributed by atoms with Gasteiger partial charge in [0.05, 0.1) is 20.9 Å². The molecule has 4 nitrogen and oxygen atoms in total. The second kappa shape index (κ2) is 6.98. The van der Waals surface area contributed by atoms with Crippen LogP contribution in [0.1, 0.15) is 0 Å². The van der Waals surface area contributed by atoms with Crippen molar-refractivity contribution in [1.29, 1.82) is 0 Å². The number of likely N-dealkylation sites (N-methyl/N-ethyl adjacent to an activating group) is 1. The van der Waals surface area contributed by atoms with Gasteiger partial charge in [-0.05, 0) is 14.1 Å². The maximum atomic E-state index is 11.2. The third-order valence-electron chi connectivity index (χ3n) is 1.57. The lowest BCUT2D eigenvalue weighted by Crippen LogP contribution is -2.31. The fourth-order valence-corrected chi connectivity index (χ4v) is 1.34. The van der Waals surface area contributed by atoms with Crippen molar-refractivity contribution in [1.82, 2.24) is 4.90 Å². The third kappa shape index (κ3) is 11.5. The van der Waals surface area contributed by atoms with Gasteiger partial charge in [0.15, 0.2) is 0 Å². The van der Waals surface area contributed by atoms with Crippen LogP contribution in [0.25, 0.3) is 0 Å². The molecule has 90 valence electrons. The first-order valence-corrected chi connectivity index (χ1v) is 8.90. The molecule has 0 amide bonds. The zero-order valence-corrected chi connectivity index (χ0v) is 11.5. The molecular weight excluding hydrogens is 210 g/mol. The van der Waals surface area contributed by atoms with Gasteiger partial charge in [0, 0.05) is 6.54 Å². The summed E-state index contributed by atoms with van der Waals surface area (Å²) in [5, 5.41) is 0. The van der Waals surface area contributed by atoms with E-state index in [1.807, 2.05) is 19.0 Å². The average Bonchev–Trinajstić information content (AvgIpc) is 2.07. The van der Waals surface area contributed by atoms with Gasteiger partial charge >= 0.3 is 5.97 Å². The second-order valence-corrected chi connectivity index (χ2v) is 10.5. The number of hydrogen-bond donors (Lipinski definition) is 0. The molecule has 0 aromatic rings. The number of hydrogen-bond acceptors (Lipinski definition) is 4. The number of ether oxygens (including phenoxy) is 2. The molecule has 0 saturated carbocycles. The fourth-order valence-electron chi connectivity index (χ4n) is 0.741. The lowest BCUT2D eigenvalue weighted by Gasteiger charge is -2.15. The summed E-state index contributed by atoms with van der Waals surface area (Å²) in [6.45, 7) is 7.93. The Hall–Kier alpha value is -0.393. The maximum absolute atomic E-state index is 11.2. The van der Waals surface area contributed by atoms with Gasteiger partial charge in [0.25, 0.3) is 0 Å². The molecule has 0 saturated heterocycles. The number of nitrogens with zero attached hydrogens (tertiary/aromatic N) is 1. The summed E-state index contributed by atoms with van der Waals surface area (Å²) in [6, 6.07) is 0. The Kier molecular flexibility index (Phi) is 6.79. The lowest BCUT2D eigenvalue weighted by molar-refractivity contribution is -0.147. The van der Waals surface area contributed by atoms with Crippen LogP contribution in [-0.4, -0.2) is 59.0 Å². The molecule has 0 aliphatic rings. The van der Waals surface area contributed by atoms with Crippen molar-refractivity contribution in [3.05, 3.63) is 0 Å². The molecular formula is C10H23NO3Si. The maximum Gasteiger partial charge on any atom is 0.331 e. The zero-order valence-electron chi connectivity index (χ0n) is 10.5. The van der Waals surface area contributed by atoms with Crippen molar-refractivity contribution in [2.45, 2.75) is 19.6 Å². The van der Waals surface area contributed by atoms with Crippen LogP contribution in [0.3, 0.4) is 0 Å². The Balaban J connectivity index is 3.42. The molecule has 15 heavy (non-hydrogen) atoms. The topological polar surface area (TPSA) is 38.8 Å². The standard InChI is InChI=1S/C10H23NO3Si/c1-11(2)6-7-13-8-10(12)14-9-15(3,4)5/h6-9H2,1-5H3. The molecule has 0 bridgehead atoms. The van der Waals surface area contributed by atoms with Crippen LogP contribution >= 0.6 is 0 Å². The second-order valence-electron chi connectivity index (χ2n) is 5.08.